The number of thiophene rings is 1. The number of hydrogen-bond donors (Lipinski definition) is 2. The molecule has 0 amide bonds. The first-order valence-corrected chi connectivity index (χ1v) is 5.81. The summed E-state index contributed by atoms with van der Waals surface area (Å²) in [5, 5.41) is 18.4. The highest BCUT2D eigenvalue weighted by Gasteiger charge is 2.10. The third-order valence-corrected chi connectivity index (χ3v) is 3.56. The zero-order valence-electron chi connectivity index (χ0n) is 7.40. The summed E-state index contributed by atoms with van der Waals surface area (Å²) in [6.45, 7) is 1.61. The lowest BCUT2D eigenvalue weighted by Gasteiger charge is -2.11. The average molecular weight is 265 g/mol. The van der Waals surface area contributed by atoms with Gasteiger partial charge in [-0.3, -0.25) is 0 Å². The summed E-state index contributed by atoms with van der Waals surface area (Å²) in [7, 11) is 0. The molecule has 2 unspecified atom stereocenters. The molecule has 0 aliphatic rings. The Bertz CT molecular complexity index is 260. The second-order valence-electron chi connectivity index (χ2n) is 3.05. The molecule has 0 saturated heterocycles. The third-order valence-electron chi connectivity index (χ3n) is 1.87. The molecule has 4 heteroatoms. The van der Waals surface area contributed by atoms with Crippen molar-refractivity contribution in [3.63, 3.8) is 0 Å². The van der Waals surface area contributed by atoms with Crippen LogP contribution in [0.15, 0.2) is 15.9 Å². The standard InChI is InChI=1S/C9H13BrO2S/c1-6(11)8(12)4-2-7-3-5-9(10)13-7/h3,5-6,8,11-12H,2,4H2,1H3. The molecule has 1 rings (SSSR count). The molecule has 0 spiro atoms. The molecule has 0 fully saturated rings. The van der Waals surface area contributed by atoms with Crippen LogP contribution in [0.3, 0.4) is 0 Å². The number of aryl methyl sites for hydroxylation is 1. The lowest BCUT2D eigenvalue weighted by Crippen LogP contribution is -2.22. The Kier molecular flexibility index (Phi) is 4.38. The maximum atomic E-state index is 9.34. The molecule has 0 aromatic carbocycles. The molecule has 2 nitrogen and oxygen atoms in total. The number of aliphatic hydroxyl groups excluding tert-OH is 2. The first kappa shape index (κ1) is 11.2. The fourth-order valence-electron chi connectivity index (χ4n) is 1.02. The minimum Gasteiger partial charge on any atom is -0.391 e. The van der Waals surface area contributed by atoms with E-state index in [1.54, 1.807) is 18.3 Å². The maximum absolute atomic E-state index is 9.34. The van der Waals surface area contributed by atoms with Gasteiger partial charge in [-0.05, 0) is 47.8 Å². The quantitative estimate of drug-likeness (QED) is 0.876. The monoisotopic (exact) mass is 264 g/mol. The van der Waals surface area contributed by atoms with Gasteiger partial charge in [0, 0.05) is 4.88 Å². The summed E-state index contributed by atoms with van der Waals surface area (Å²) in [6, 6.07) is 4.03. The average Bonchev–Trinajstić information content (AvgIpc) is 2.47. The predicted octanol–water partition coefficient (Wildman–Crippen LogP) is 2.18. The topological polar surface area (TPSA) is 40.5 Å². The number of rotatable bonds is 4. The number of hydrogen-bond acceptors (Lipinski definition) is 3. The normalized spacial score (nSPS) is 15.7. The van der Waals surface area contributed by atoms with Crippen molar-refractivity contribution in [1.29, 1.82) is 0 Å². The Hall–Kier alpha value is 0.1000. The van der Waals surface area contributed by atoms with Gasteiger partial charge in [0.2, 0.25) is 0 Å². The van der Waals surface area contributed by atoms with Gasteiger partial charge < -0.3 is 10.2 Å². The van der Waals surface area contributed by atoms with E-state index in [1.165, 1.54) is 4.88 Å². The van der Waals surface area contributed by atoms with Gasteiger partial charge in [0.05, 0.1) is 16.0 Å². The minimum atomic E-state index is -0.636. The molecule has 1 aromatic rings. The molecule has 1 aromatic heterocycles. The molecule has 1 heterocycles. The highest BCUT2D eigenvalue weighted by atomic mass is 79.9. The van der Waals surface area contributed by atoms with Crippen LogP contribution in [0.25, 0.3) is 0 Å². The molecule has 74 valence electrons. The van der Waals surface area contributed by atoms with Crippen molar-refractivity contribution < 1.29 is 10.2 Å². The zero-order chi connectivity index (χ0) is 9.84. The summed E-state index contributed by atoms with van der Waals surface area (Å²) in [4.78, 5) is 1.23. The van der Waals surface area contributed by atoms with Gasteiger partial charge in [0.25, 0.3) is 0 Å². The van der Waals surface area contributed by atoms with Crippen LogP contribution >= 0.6 is 27.3 Å². The fourth-order valence-corrected chi connectivity index (χ4v) is 2.52. The molecule has 0 bridgehead atoms. The van der Waals surface area contributed by atoms with Crippen LogP contribution in [0.1, 0.15) is 18.2 Å². The predicted molar refractivity (Wildman–Crippen MR) is 58.0 cm³/mol. The van der Waals surface area contributed by atoms with E-state index in [4.69, 9.17) is 5.11 Å². The lowest BCUT2D eigenvalue weighted by atomic mass is 10.1. The first-order valence-electron chi connectivity index (χ1n) is 4.20. The van der Waals surface area contributed by atoms with Gasteiger partial charge >= 0.3 is 0 Å². The van der Waals surface area contributed by atoms with Crippen LogP contribution in [-0.2, 0) is 6.42 Å². The Balaban J connectivity index is 2.35. The largest absolute Gasteiger partial charge is 0.391 e. The van der Waals surface area contributed by atoms with Crippen molar-refractivity contribution in [1.82, 2.24) is 0 Å². The summed E-state index contributed by atoms with van der Waals surface area (Å²) in [6.07, 6.45) is 0.191. The van der Waals surface area contributed by atoms with Crippen molar-refractivity contribution in [2.45, 2.75) is 32.0 Å². The Morgan fingerprint density at radius 1 is 1.46 bits per heavy atom. The van der Waals surface area contributed by atoms with Gasteiger partial charge in [0.1, 0.15) is 0 Å². The third kappa shape index (κ3) is 3.77. The van der Waals surface area contributed by atoms with Crippen LogP contribution in [0, 0.1) is 0 Å². The van der Waals surface area contributed by atoms with Crippen LogP contribution in [-0.4, -0.2) is 22.4 Å². The van der Waals surface area contributed by atoms with E-state index in [1.807, 2.05) is 12.1 Å². The van der Waals surface area contributed by atoms with Crippen molar-refractivity contribution >= 4 is 27.3 Å². The minimum absolute atomic E-state index is 0.610. The Morgan fingerprint density at radius 3 is 2.62 bits per heavy atom. The van der Waals surface area contributed by atoms with Gasteiger partial charge in [0.15, 0.2) is 0 Å². The van der Waals surface area contributed by atoms with E-state index in [-0.39, 0.29) is 0 Å². The van der Waals surface area contributed by atoms with Gasteiger partial charge in [-0.1, -0.05) is 0 Å². The van der Waals surface area contributed by atoms with Crippen molar-refractivity contribution in [2.75, 3.05) is 0 Å². The van der Waals surface area contributed by atoms with E-state index >= 15 is 0 Å². The second-order valence-corrected chi connectivity index (χ2v) is 5.60. The molecule has 0 aliphatic carbocycles. The van der Waals surface area contributed by atoms with Gasteiger partial charge in [-0.2, -0.15) is 0 Å². The fraction of sp³-hybridized carbons (Fsp3) is 0.556. The van der Waals surface area contributed by atoms with Crippen LogP contribution < -0.4 is 0 Å². The van der Waals surface area contributed by atoms with Gasteiger partial charge in [-0.15, -0.1) is 11.3 Å². The van der Waals surface area contributed by atoms with E-state index in [2.05, 4.69) is 15.9 Å². The number of aliphatic hydroxyl groups is 2. The molecule has 2 N–H and O–H groups in total. The van der Waals surface area contributed by atoms with E-state index in [9.17, 15) is 5.11 Å². The molecule has 0 saturated carbocycles. The second kappa shape index (κ2) is 5.10. The lowest BCUT2D eigenvalue weighted by molar-refractivity contribution is 0.0266. The highest BCUT2D eigenvalue weighted by molar-refractivity contribution is 9.11. The molecular weight excluding hydrogens is 252 g/mol. The summed E-state index contributed by atoms with van der Waals surface area (Å²) < 4.78 is 1.11. The molecule has 2 atom stereocenters. The van der Waals surface area contributed by atoms with E-state index in [0.717, 1.165) is 10.2 Å². The first-order chi connectivity index (χ1) is 6.09. The Labute approximate surface area is 90.4 Å². The summed E-state index contributed by atoms with van der Waals surface area (Å²) in [5.74, 6) is 0. The molecule has 0 radical (unpaired) electrons. The molecule has 0 aliphatic heterocycles. The maximum Gasteiger partial charge on any atom is 0.0799 e. The van der Waals surface area contributed by atoms with Crippen molar-refractivity contribution in [3.8, 4) is 0 Å². The zero-order valence-corrected chi connectivity index (χ0v) is 9.81. The molecule has 13 heavy (non-hydrogen) atoms. The smallest absolute Gasteiger partial charge is 0.0799 e. The summed E-state index contributed by atoms with van der Waals surface area (Å²) >= 11 is 5.04. The Morgan fingerprint density at radius 2 is 2.15 bits per heavy atom. The molecular formula is C9H13BrO2S. The van der Waals surface area contributed by atoms with E-state index in [0.29, 0.717) is 6.42 Å². The highest BCUT2D eigenvalue weighted by Crippen LogP contribution is 2.23. The summed E-state index contributed by atoms with van der Waals surface area (Å²) in [5.41, 5.74) is 0. The van der Waals surface area contributed by atoms with Crippen LogP contribution in [0.2, 0.25) is 0 Å². The van der Waals surface area contributed by atoms with Crippen molar-refractivity contribution in [2.24, 2.45) is 0 Å². The van der Waals surface area contributed by atoms with Crippen LogP contribution in [0.5, 0.6) is 0 Å². The van der Waals surface area contributed by atoms with Gasteiger partial charge in [-0.25, -0.2) is 0 Å². The van der Waals surface area contributed by atoms with Crippen LogP contribution in [0.4, 0.5) is 0 Å². The van der Waals surface area contributed by atoms with E-state index < -0.39 is 12.2 Å². The number of halogens is 1. The van der Waals surface area contributed by atoms with Crippen molar-refractivity contribution in [3.05, 3.63) is 20.8 Å². The SMILES string of the molecule is CC(O)C(O)CCc1ccc(Br)s1.